The second kappa shape index (κ2) is 10.3. The maximum absolute atomic E-state index is 11.5. The first-order valence-corrected chi connectivity index (χ1v) is 9.24. The number of hydrogen-bond acceptors (Lipinski definition) is 6. The molecule has 2 aromatic rings. The zero-order chi connectivity index (χ0) is 21.4. The summed E-state index contributed by atoms with van der Waals surface area (Å²) in [5.74, 6) is 0.483. The highest BCUT2D eigenvalue weighted by atomic mass is 16.6. The summed E-state index contributed by atoms with van der Waals surface area (Å²) in [6.07, 6.45) is 0. The first-order valence-electron chi connectivity index (χ1n) is 9.24. The molecule has 6 nitrogen and oxygen atoms in total. The lowest BCUT2D eigenvalue weighted by Crippen LogP contribution is -2.13. The Balaban J connectivity index is 2.05. The summed E-state index contributed by atoms with van der Waals surface area (Å²) in [5.41, 5.74) is 1.65. The molecule has 0 heterocycles. The van der Waals surface area contributed by atoms with Crippen molar-refractivity contribution in [1.29, 1.82) is 0 Å². The van der Waals surface area contributed by atoms with Crippen LogP contribution in [0.3, 0.4) is 0 Å². The number of carbonyl (C=O) groups excluding carboxylic acids is 2. The standard InChI is InChI=1S/C23H26O6/c1-15(2)22(24)28-13-11-26-20-8-6-7-19-18(20)10-9-17(5)21(19)27-12-14-29-23(25)16(3)4/h6-10H,1,3,11-14H2,2,4-5H3. The molecule has 154 valence electrons. The molecule has 0 saturated carbocycles. The zero-order valence-electron chi connectivity index (χ0n) is 17.1. The van der Waals surface area contributed by atoms with Gasteiger partial charge in [-0.15, -0.1) is 0 Å². The Hall–Kier alpha value is -3.28. The van der Waals surface area contributed by atoms with Crippen LogP contribution >= 0.6 is 0 Å². The maximum atomic E-state index is 11.5. The summed E-state index contributed by atoms with van der Waals surface area (Å²) in [5, 5.41) is 1.76. The molecular weight excluding hydrogens is 372 g/mol. The van der Waals surface area contributed by atoms with Gasteiger partial charge >= 0.3 is 11.9 Å². The van der Waals surface area contributed by atoms with E-state index in [0.717, 1.165) is 16.3 Å². The van der Waals surface area contributed by atoms with Crippen LogP contribution in [-0.4, -0.2) is 38.4 Å². The van der Waals surface area contributed by atoms with Crippen LogP contribution in [0.15, 0.2) is 54.6 Å². The van der Waals surface area contributed by atoms with Gasteiger partial charge in [0.2, 0.25) is 0 Å². The lowest BCUT2D eigenvalue weighted by atomic mass is 10.1. The predicted octanol–water partition coefficient (Wildman–Crippen LogP) is 4.14. The Morgan fingerprint density at radius 3 is 1.97 bits per heavy atom. The Morgan fingerprint density at radius 2 is 1.38 bits per heavy atom. The monoisotopic (exact) mass is 398 g/mol. The van der Waals surface area contributed by atoms with Crippen LogP contribution in [0.4, 0.5) is 0 Å². The van der Waals surface area contributed by atoms with Crippen LogP contribution in [0.25, 0.3) is 10.8 Å². The van der Waals surface area contributed by atoms with Crippen LogP contribution in [0, 0.1) is 6.92 Å². The number of rotatable bonds is 10. The summed E-state index contributed by atoms with van der Waals surface area (Å²) in [7, 11) is 0. The number of carbonyl (C=O) groups is 2. The summed E-state index contributed by atoms with van der Waals surface area (Å²) >= 11 is 0. The minimum absolute atomic E-state index is 0.130. The van der Waals surface area contributed by atoms with E-state index >= 15 is 0 Å². The normalized spacial score (nSPS) is 10.3. The van der Waals surface area contributed by atoms with Crippen molar-refractivity contribution in [3.8, 4) is 11.5 Å². The van der Waals surface area contributed by atoms with Gasteiger partial charge in [-0.2, -0.15) is 0 Å². The van der Waals surface area contributed by atoms with E-state index in [0.29, 0.717) is 22.6 Å². The third kappa shape index (κ3) is 6.10. The molecule has 0 fully saturated rings. The fourth-order valence-corrected chi connectivity index (χ4v) is 2.54. The Morgan fingerprint density at radius 1 is 0.793 bits per heavy atom. The van der Waals surface area contributed by atoms with Gasteiger partial charge in [0, 0.05) is 21.9 Å². The van der Waals surface area contributed by atoms with Crippen LogP contribution in [0.5, 0.6) is 11.5 Å². The first kappa shape index (κ1) is 22.0. The molecule has 0 amide bonds. The largest absolute Gasteiger partial charge is 0.489 e. The van der Waals surface area contributed by atoms with E-state index in [4.69, 9.17) is 18.9 Å². The summed E-state index contributed by atoms with van der Waals surface area (Å²) < 4.78 is 21.8. The lowest BCUT2D eigenvalue weighted by molar-refractivity contribution is -0.140. The van der Waals surface area contributed by atoms with Gasteiger partial charge in [0.05, 0.1) is 0 Å². The fourth-order valence-electron chi connectivity index (χ4n) is 2.54. The van der Waals surface area contributed by atoms with Crippen molar-refractivity contribution in [3.05, 3.63) is 60.2 Å². The van der Waals surface area contributed by atoms with Crippen LogP contribution in [0.2, 0.25) is 0 Å². The molecule has 0 bridgehead atoms. The Kier molecular flexibility index (Phi) is 7.83. The SMILES string of the molecule is C=C(C)C(=O)OCCOc1cccc2c(OCCOC(=O)C(=C)C)c(C)ccc12. The van der Waals surface area contributed by atoms with E-state index < -0.39 is 11.9 Å². The molecule has 0 radical (unpaired) electrons. The van der Waals surface area contributed by atoms with E-state index in [2.05, 4.69) is 13.2 Å². The van der Waals surface area contributed by atoms with Gasteiger partial charge in [0.1, 0.15) is 37.9 Å². The first-order chi connectivity index (χ1) is 13.8. The quantitative estimate of drug-likeness (QED) is 0.340. The third-order valence-electron chi connectivity index (χ3n) is 4.00. The molecule has 0 aliphatic carbocycles. The van der Waals surface area contributed by atoms with Crippen molar-refractivity contribution >= 4 is 22.7 Å². The van der Waals surface area contributed by atoms with E-state index in [1.807, 2.05) is 37.3 Å². The van der Waals surface area contributed by atoms with Gasteiger partial charge in [0.15, 0.2) is 0 Å². The highest BCUT2D eigenvalue weighted by molar-refractivity contribution is 5.94. The molecule has 29 heavy (non-hydrogen) atoms. The summed E-state index contributed by atoms with van der Waals surface area (Å²) in [6, 6.07) is 9.53. The van der Waals surface area contributed by atoms with Gasteiger partial charge in [-0.3, -0.25) is 0 Å². The molecule has 2 rings (SSSR count). The molecule has 6 heteroatoms. The zero-order valence-corrected chi connectivity index (χ0v) is 17.1. The molecule has 0 aromatic heterocycles. The van der Waals surface area contributed by atoms with Gasteiger partial charge in [-0.25, -0.2) is 9.59 Å². The van der Waals surface area contributed by atoms with E-state index in [9.17, 15) is 9.59 Å². The Bertz CT molecular complexity index is 928. The number of fused-ring (bicyclic) bond motifs is 1. The van der Waals surface area contributed by atoms with E-state index in [1.165, 1.54) is 0 Å². The van der Waals surface area contributed by atoms with Crippen LogP contribution in [0.1, 0.15) is 19.4 Å². The molecule has 0 aliphatic rings. The second-order valence-electron chi connectivity index (χ2n) is 6.59. The highest BCUT2D eigenvalue weighted by Gasteiger charge is 2.11. The Labute approximate surface area is 170 Å². The molecular formula is C23H26O6. The van der Waals surface area contributed by atoms with Gasteiger partial charge in [-0.05, 0) is 32.4 Å². The van der Waals surface area contributed by atoms with Crippen molar-refractivity contribution in [1.82, 2.24) is 0 Å². The lowest BCUT2D eigenvalue weighted by Gasteiger charge is -2.15. The molecule has 0 atom stereocenters. The van der Waals surface area contributed by atoms with Gasteiger partial charge < -0.3 is 18.9 Å². The van der Waals surface area contributed by atoms with E-state index in [-0.39, 0.29) is 26.4 Å². The van der Waals surface area contributed by atoms with Crippen molar-refractivity contribution in [2.75, 3.05) is 26.4 Å². The van der Waals surface area contributed by atoms with Crippen molar-refractivity contribution in [2.24, 2.45) is 0 Å². The molecule has 0 unspecified atom stereocenters. The highest BCUT2D eigenvalue weighted by Crippen LogP contribution is 2.34. The van der Waals surface area contributed by atoms with Gasteiger partial charge in [-0.1, -0.05) is 37.4 Å². The topological polar surface area (TPSA) is 71.1 Å². The summed E-state index contributed by atoms with van der Waals surface area (Å²) in [4.78, 5) is 22.9. The van der Waals surface area contributed by atoms with Crippen molar-refractivity contribution in [3.63, 3.8) is 0 Å². The molecule has 0 saturated heterocycles. The van der Waals surface area contributed by atoms with Crippen LogP contribution < -0.4 is 9.47 Å². The summed E-state index contributed by atoms with van der Waals surface area (Å²) in [6.45, 7) is 12.9. The predicted molar refractivity (Wildman–Crippen MR) is 111 cm³/mol. The number of aryl methyl sites for hydroxylation is 1. The van der Waals surface area contributed by atoms with Gasteiger partial charge in [0.25, 0.3) is 0 Å². The maximum Gasteiger partial charge on any atom is 0.333 e. The number of esters is 2. The number of benzene rings is 2. The smallest absolute Gasteiger partial charge is 0.333 e. The van der Waals surface area contributed by atoms with E-state index in [1.54, 1.807) is 13.8 Å². The average molecular weight is 398 g/mol. The molecule has 2 aromatic carbocycles. The average Bonchev–Trinajstić information content (AvgIpc) is 2.69. The van der Waals surface area contributed by atoms with Crippen molar-refractivity contribution < 1.29 is 28.5 Å². The fraction of sp³-hybridized carbons (Fsp3) is 0.304. The molecule has 0 aliphatic heterocycles. The molecule has 0 N–H and O–H groups in total. The van der Waals surface area contributed by atoms with Crippen LogP contribution in [-0.2, 0) is 19.1 Å². The molecule has 0 spiro atoms. The third-order valence-corrected chi connectivity index (χ3v) is 4.00. The number of hydrogen-bond donors (Lipinski definition) is 0. The second-order valence-corrected chi connectivity index (χ2v) is 6.59. The minimum Gasteiger partial charge on any atom is -0.489 e. The number of ether oxygens (including phenoxy) is 4. The minimum atomic E-state index is -0.440. The van der Waals surface area contributed by atoms with Crippen molar-refractivity contribution in [2.45, 2.75) is 20.8 Å².